The molecule has 4 rings (SSSR count). The SMILES string of the molecule is COc1ccc2c(c1)CC(C)N(C(=O)Cc1c[nH]c3ncccc13)C2C. The zero-order valence-corrected chi connectivity index (χ0v) is 15.3. The van der Waals surface area contributed by atoms with Gasteiger partial charge in [0, 0.05) is 23.8 Å². The highest BCUT2D eigenvalue weighted by Gasteiger charge is 2.33. The molecule has 0 fully saturated rings. The van der Waals surface area contributed by atoms with E-state index in [0.29, 0.717) is 6.42 Å². The van der Waals surface area contributed by atoms with Crippen LogP contribution >= 0.6 is 0 Å². The van der Waals surface area contributed by atoms with Crippen LogP contribution in [-0.4, -0.2) is 33.9 Å². The third-order valence-electron chi connectivity index (χ3n) is 5.37. The molecule has 1 aliphatic rings. The second-order valence-electron chi connectivity index (χ2n) is 6.99. The van der Waals surface area contributed by atoms with Crippen molar-refractivity contribution in [1.29, 1.82) is 0 Å². The molecule has 0 saturated carbocycles. The predicted molar refractivity (Wildman–Crippen MR) is 101 cm³/mol. The molecule has 3 heterocycles. The van der Waals surface area contributed by atoms with E-state index in [1.54, 1.807) is 13.3 Å². The van der Waals surface area contributed by atoms with Gasteiger partial charge in [-0.2, -0.15) is 0 Å². The third-order valence-corrected chi connectivity index (χ3v) is 5.37. The number of benzene rings is 1. The van der Waals surface area contributed by atoms with Crippen LogP contribution in [0.25, 0.3) is 11.0 Å². The Kier molecular flexibility index (Phi) is 4.15. The first-order valence-electron chi connectivity index (χ1n) is 8.97. The Morgan fingerprint density at radius 2 is 2.19 bits per heavy atom. The van der Waals surface area contributed by atoms with Crippen molar-refractivity contribution in [2.24, 2.45) is 0 Å². The van der Waals surface area contributed by atoms with Gasteiger partial charge < -0.3 is 14.6 Å². The maximum Gasteiger partial charge on any atom is 0.227 e. The summed E-state index contributed by atoms with van der Waals surface area (Å²) in [6, 6.07) is 10.3. The quantitative estimate of drug-likeness (QED) is 0.785. The lowest BCUT2D eigenvalue weighted by molar-refractivity contribution is -0.135. The van der Waals surface area contributed by atoms with Gasteiger partial charge in [-0.05, 0) is 61.2 Å². The number of hydrogen-bond acceptors (Lipinski definition) is 3. The molecule has 1 aliphatic heterocycles. The summed E-state index contributed by atoms with van der Waals surface area (Å²) in [5.74, 6) is 1.02. The molecule has 1 N–H and O–H groups in total. The summed E-state index contributed by atoms with van der Waals surface area (Å²) in [6.45, 7) is 4.23. The highest BCUT2D eigenvalue weighted by molar-refractivity contribution is 5.87. The number of ether oxygens (including phenoxy) is 1. The predicted octanol–water partition coefficient (Wildman–Crippen LogP) is 3.65. The van der Waals surface area contributed by atoms with Crippen LogP contribution in [0.15, 0.2) is 42.7 Å². The molecule has 0 bridgehead atoms. The zero-order valence-electron chi connectivity index (χ0n) is 15.3. The number of H-pyrrole nitrogens is 1. The van der Waals surface area contributed by atoms with E-state index in [2.05, 4.69) is 35.9 Å². The Bertz CT molecular complexity index is 963. The number of pyridine rings is 1. The van der Waals surface area contributed by atoms with Crippen molar-refractivity contribution in [3.05, 3.63) is 59.4 Å². The molecule has 3 aromatic rings. The van der Waals surface area contributed by atoms with Crippen molar-refractivity contribution in [2.45, 2.75) is 38.8 Å². The molecule has 1 aromatic carbocycles. The van der Waals surface area contributed by atoms with E-state index in [1.807, 2.05) is 29.3 Å². The molecule has 0 radical (unpaired) electrons. The van der Waals surface area contributed by atoms with E-state index in [-0.39, 0.29) is 18.0 Å². The number of fused-ring (bicyclic) bond motifs is 2. The van der Waals surface area contributed by atoms with Gasteiger partial charge in [-0.15, -0.1) is 0 Å². The Morgan fingerprint density at radius 1 is 1.35 bits per heavy atom. The summed E-state index contributed by atoms with van der Waals surface area (Å²) in [5.41, 5.74) is 4.30. The van der Waals surface area contributed by atoms with Crippen molar-refractivity contribution in [3.63, 3.8) is 0 Å². The summed E-state index contributed by atoms with van der Waals surface area (Å²) in [6.07, 6.45) is 4.88. The number of amides is 1. The fraction of sp³-hybridized carbons (Fsp3) is 0.333. The Hall–Kier alpha value is -2.82. The van der Waals surface area contributed by atoms with Crippen molar-refractivity contribution in [2.75, 3.05) is 7.11 Å². The van der Waals surface area contributed by atoms with Gasteiger partial charge in [-0.3, -0.25) is 4.79 Å². The molecule has 5 nitrogen and oxygen atoms in total. The number of methoxy groups -OCH3 is 1. The third kappa shape index (κ3) is 2.73. The molecule has 0 saturated heterocycles. The number of carbonyl (C=O) groups is 1. The largest absolute Gasteiger partial charge is 0.497 e. The maximum absolute atomic E-state index is 13.1. The number of carbonyl (C=O) groups excluding carboxylic acids is 1. The van der Waals surface area contributed by atoms with E-state index in [9.17, 15) is 4.79 Å². The van der Waals surface area contributed by atoms with E-state index in [1.165, 1.54) is 11.1 Å². The first-order chi connectivity index (χ1) is 12.6. The summed E-state index contributed by atoms with van der Waals surface area (Å²) in [4.78, 5) is 22.6. The van der Waals surface area contributed by atoms with Crippen molar-refractivity contribution >= 4 is 16.9 Å². The minimum Gasteiger partial charge on any atom is -0.497 e. The van der Waals surface area contributed by atoms with Crippen molar-refractivity contribution in [1.82, 2.24) is 14.9 Å². The second-order valence-corrected chi connectivity index (χ2v) is 6.99. The number of aromatic nitrogens is 2. The van der Waals surface area contributed by atoms with Crippen molar-refractivity contribution < 1.29 is 9.53 Å². The van der Waals surface area contributed by atoms with Gasteiger partial charge in [-0.25, -0.2) is 4.98 Å². The smallest absolute Gasteiger partial charge is 0.227 e. The molecule has 1 amide bonds. The van der Waals surface area contributed by atoms with Crippen LogP contribution in [0.5, 0.6) is 5.75 Å². The number of rotatable bonds is 3. The number of nitrogens with one attached hydrogen (secondary N) is 1. The summed E-state index contributed by atoms with van der Waals surface area (Å²) in [5, 5.41) is 1.02. The highest BCUT2D eigenvalue weighted by atomic mass is 16.5. The molecule has 2 atom stereocenters. The molecule has 0 aliphatic carbocycles. The van der Waals surface area contributed by atoms with Gasteiger partial charge >= 0.3 is 0 Å². The average Bonchev–Trinajstić information content (AvgIpc) is 3.04. The molecule has 5 heteroatoms. The average molecular weight is 349 g/mol. The van der Waals surface area contributed by atoms with Crippen LogP contribution < -0.4 is 4.74 Å². The number of hydrogen-bond donors (Lipinski definition) is 1. The minimum atomic E-state index is 0.0514. The van der Waals surface area contributed by atoms with E-state index in [4.69, 9.17) is 4.74 Å². The van der Waals surface area contributed by atoms with Gasteiger partial charge in [0.1, 0.15) is 11.4 Å². The number of aromatic amines is 1. The molecule has 2 aromatic heterocycles. The maximum atomic E-state index is 13.1. The van der Waals surface area contributed by atoms with Crippen LogP contribution in [-0.2, 0) is 17.6 Å². The Balaban J connectivity index is 1.61. The summed E-state index contributed by atoms with van der Waals surface area (Å²) >= 11 is 0. The van der Waals surface area contributed by atoms with E-state index >= 15 is 0 Å². The van der Waals surface area contributed by atoms with Crippen LogP contribution in [0.4, 0.5) is 0 Å². The molecule has 0 spiro atoms. The summed E-state index contributed by atoms with van der Waals surface area (Å²) < 4.78 is 5.35. The first-order valence-corrected chi connectivity index (χ1v) is 8.97. The van der Waals surface area contributed by atoms with Crippen LogP contribution in [0, 0.1) is 0 Å². The van der Waals surface area contributed by atoms with E-state index in [0.717, 1.165) is 28.8 Å². The molecule has 2 unspecified atom stereocenters. The minimum absolute atomic E-state index is 0.0514. The number of nitrogens with zero attached hydrogens (tertiary/aromatic N) is 2. The van der Waals surface area contributed by atoms with Crippen LogP contribution in [0.1, 0.15) is 36.6 Å². The second kappa shape index (κ2) is 6.48. The lowest BCUT2D eigenvalue weighted by atomic mass is 9.88. The van der Waals surface area contributed by atoms with Gasteiger partial charge in [0.2, 0.25) is 5.91 Å². The Morgan fingerprint density at radius 3 is 3.00 bits per heavy atom. The monoisotopic (exact) mass is 349 g/mol. The van der Waals surface area contributed by atoms with Gasteiger partial charge in [0.15, 0.2) is 0 Å². The summed E-state index contributed by atoms with van der Waals surface area (Å²) in [7, 11) is 1.68. The standard InChI is InChI=1S/C21H23N3O2/c1-13-9-15-10-17(26-3)6-7-18(15)14(2)24(13)20(25)11-16-12-23-21-19(16)5-4-8-22-21/h4-8,10,12-14H,9,11H2,1-3H3,(H,22,23). The lowest BCUT2D eigenvalue weighted by Crippen LogP contribution is -2.45. The fourth-order valence-electron chi connectivity index (χ4n) is 4.12. The van der Waals surface area contributed by atoms with Gasteiger partial charge in [0.25, 0.3) is 0 Å². The lowest BCUT2D eigenvalue weighted by Gasteiger charge is -2.40. The normalized spacial score (nSPS) is 19.4. The zero-order chi connectivity index (χ0) is 18.3. The van der Waals surface area contributed by atoms with Crippen LogP contribution in [0.3, 0.4) is 0 Å². The van der Waals surface area contributed by atoms with Crippen LogP contribution in [0.2, 0.25) is 0 Å². The van der Waals surface area contributed by atoms with Crippen molar-refractivity contribution in [3.8, 4) is 5.75 Å². The fourth-order valence-corrected chi connectivity index (χ4v) is 4.12. The van der Waals surface area contributed by atoms with Gasteiger partial charge in [0.05, 0.1) is 19.6 Å². The van der Waals surface area contributed by atoms with Gasteiger partial charge in [-0.1, -0.05) is 6.07 Å². The molecular weight excluding hydrogens is 326 g/mol. The molecule has 134 valence electrons. The molecular formula is C21H23N3O2. The molecule has 26 heavy (non-hydrogen) atoms. The first kappa shape index (κ1) is 16.6. The highest BCUT2D eigenvalue weighted by Crippen LogP contribution is 2.35. The topological polar surface area (TPSA) is 58.2 Å². The Labute approximate surface area is 153 Å². The van der Waals surface area contributed by atoms with E-state index < -0.39 is 0 Å².